The molecule has 0 radical (unpaired) electrons. The molecule has 3 aromatic carbocycles. The number of hydrogen-bond acceptors (Lipinski definition) is 3. The maximum atomic E-state index is 11.9. The van der Waals surface area contributed by atoms with Gasteiger partial charge < -0.3 is 9.30 Å². The average Bonchev–Trinajstić information content (AvgIpc) is 3.04. The van der Waals surface area contributed by atoms with E-state index in [-0.39, 0.29) is 12.0 Å². The van der Waals surface area contributed by atoms with E-state index in [0.29, 0.717) is 10.6 Å². The summed E-state index contributed by atoms with van der Waals surface area (Å²) in [6.07, 6.45) is 0. The van der Waals surface area contributed by atoms with Crippen LogP contribution in [0.2, 0.25) is 5.02 Å². The zero-order chi connectivity index (χ0) is 21.3. The third-order valence-electron chi connectivity index (χ3n) is 5.30. The molecule has 1 aromatic heterocycles. The lowest BCUT2D eigenvalue weighted by atomic mass is 10.1. The number of aromatic nitrogens is 1. The van der Waals surface area contributed by atoms with Gasteiger partial charge in [0.15, 0.2) is 0 Å². The Bertz CT molecular complexity index is 1220. The van der Waals surface area contributed by atoms with Gasteiger partial charge in [0, 0.05) is 25.9 Å². The molecule has 1 unspecified atom stereocenters. The SMILES string of the molecule is COC(=O)c1cccc(Sc2c(C)n(C(C)c3ccccc3)c3cc(Cl)ccc23)c1. The molecule has 0 aliphatic heterocycles. The van der Waals surface area contributed by atoms with Crippen molar-refractivity contribution in [2.45, 2.75) is 29.7 Å². The zero-order valence-corrected chi connectivity index (χ0v) is 18.6. The third-order valence-corrected chi connectivity index (χ3v) is 6.74. The molecule has 0 fully saturated rings. The van der Waals surface area contributed by atoms with E-state index in [2.05, 4.69) is 48.7 Å². The fraction of sp³-hybridized carbons (Fsp3) is 0.160. The second-order valence-electron chi connectivity index (χ2n) is 7.15. The molecule has 0 aliphatic carbocycles. The lowest BCUT2D eigenvalue weighted by Gasteiger charge is -2.18. The van der Waals surface area contributed by atoms with Crippen LogP contribution in [0, 0.1) is 6.92 Å². The van der Waals surface area contributed by atoms with E-state index in [1.165, 1.54) is 12.7 Å². The van der Waals surface area contributed by atoms with Gasteiger partial charge in [-0.1, -0.05) is 65.8 Å². The minimum absolute atomic E-state index is 0.155. The van der Waals surface area contributed by atoms with Crippen LogP contribution in [0.4, 0.5) is 0 Å². The van der Waals surface area contributed by atoms with E-state index < -0.39 is 0 Å². The van der Waals surface area contributed by atoms with E-state index in [0.717, 1.165) is 26.4 Å². The van der Waals surface area contributed by atoms with Crippen molar-refractivity contribution in [2.24, 2.45) is 0 Å². The molecule has 0 spiro atoms. The summed E-state index contributed by atoms with van der Waals surface area (Å²) in [5.74, 6) is -0.332. The minimum atomic E-state index is -0.332. The Hall–Kier alpha value is -2.69. The number of rotatable bonds is 5. The molecule has 5 heteroatoms. The normalized spacial score (nSPS) is 12.1. The Labute approximate surface area is 185 Å². The fourth-order valence-corrected chi connectivity index (χ4v) is 5.08. The van der Waals surface area contributed by atoms with Gasteiger partial charge in [0.05, 0.1) is 24.2 Å². The largest absolute Gasteiger partial charge is 0.465 e. The first kappa shape index (κ1) is 20.6. The zero-order valence-electron chi connectivity index (χ0n) is 17.1. The Balaban J connectivity index is 1.84. The first-order valence-electron chi connectivity index (χ1n) is 9.71. The molecule has 0 saturated carbocycles. The number of halogens is 1. The highest BCUT2D eigenvalue weighted by Crippen LogP contribution is 2.41. The number of carbonyl (C=O) groups is 1. The van der Waals surface area contributed by atoms with Crippen LogP contribution >= 0.6 is 23.4 Å². The standard InChI is InChI=1S/C25H22ClNO2S/c1-16(18-8-5-4-6-9-18)27-17(2)24(22-13-12-20(26)15-23(22)27)30-21-11-7-10-19(14-21)25(28)29-3/h4-16H,1-3H3. The number of hydrogen-bond donors (Lipinski definition) is 0. The average molecular weight is 436 g/mol. The summed E-state index contributed by atoms with van der Waals surface area (Å²) < 4.78 is 7.20. The molecule has 4 aromatic rings. The predicted octanol–water partition coefficient (Wildman–Crippen LogP) is 7.15. The van der Waals surface area contributed by atoms with Gasteiger partial charge in [0.1, 0.15) is 0 Å². The topological polar surface area (TPSA) is 31.2 Å². The molecular weight excluding hydrogens is 414 g/mol. The Morgan fingerprint density at radius 1 is 1.03 bits per heavy atom. The highest BCUT2D eigenvalue weighted by molar-refractivity contribution is 7.99. The van der Waals surface area contributed by atoms with Crippen molar-refractivity contribution in [3.63, 3.8) is 0 Å². The second kappa shape index (κ2) is 8.58. The summed E-state index contributed by atoms with van der Waals surface area (Å²) in [7, 11) is 1.40. The van der Waals surface area contributed by atoms with E-state index >= 15 is 0 Å². The molecule has 30 heavy (non-hydrogen) atoms. The van der Waals surface area contributed by atoms with Gasteiger partial charge in [-0.2, -0.15) is 0 Å². The Morgan fingerprint density at radius 3 is 2.53 bits per heavy atom. The quantitative estimate of drug-likeness (QED) is 0.312. The summed E-state index contributed by atoms with van der Waals surface area (Å²) in [5, 5.41) is 1.86. The molecular formula is C25H22ClNO2S. The monoisotopic (exact) mass is 435 g/mol. The van der Waals surface area contributed by atoms with Crippen LogP contribution < -0.4 is 0 Å². The van der Waals surface area contributed by atoms with Crippen molar-refractivity contribution in [2.75, 3.05) is 7.11 Å². The number of fused-ring (bicyclic) bond motifs is 1. The Morgan fingerprint density at radius 2 is 1.80 bits per heavy atom. The number of methoxy groups -OCH3 is 1. The molecule has 1 heterocycles. The minimum Gasteiger partial charge on any atom is -0.465 e. The van der Waals surface area contributed by atoms with Crippen LogP contribution in [0.15, 0.2) is 82.6 Å². The molecule has 0 N–H and O–H groups in total. The summed E-state index contributed by atoms with van der Waals surface area (Å²) in [6, 6.07) is 24.2. The summed E-state index contributed by atoms with van der Waals surface area (Å²) in [5.41, 5.74) is 4.05. The molecule has 0 saturated heterocycles. The van der Waals surface area contributed by atoms with E-state index in [1.807, 2.05) is 36.4 Å². The van der Waals surface area contributed by atoms with Crippen LogP contribution in [-0.2, 0) is 4.74 Å². The summed E-state index contributed by atoms with van der Waals surface area (Å²) in [4.78, 5) is 14.1. The first-order chi connectivity index (χ1) is 14.5. The first-order valence-corrected chi connectivity index (χ1v) is 10.9. The van der Waals surface area contributed by atoms with Crippen molar-refractivity contribution in [1.29, 1.82) is 0 Å². The molecule has 0 amide bonds. The lowest BCUT2D eigenvalue weighted by Crippen LogP contribution is -2.08. The number of ether oxygens (including phenoxy) is 1. The maximum Gasteiger partial charge on any atom is 0.337 e. The van der Waals surface area contributed by atoms with E-state index in [4.69, 9.17) is 16.3 Å². The molecule has 0 bridgehead atoms. The van der Waals surface area contributed by atoms with Crippen molar-refractivity contribution in [1.82, 2.24) is 4.57 Å². The molecule has 152 valence electrons. The van der Waals surface area contributed by atoms with Gasteiger partial charge in [-0.15, -0.1) is 0 Å². The summed E-state index contributed by atoms with van der Waals surface area (Å²) in [6.45, 7) is 4.34. The fourth-order valence-electron chi connectivity index (χ4n) is 3.81. The highest BCUT2D eigenvalue weighted by Gasteiger charge is 2.20. The smallest absolute Gasteiger partial charge is 0.337 e. The molecule has 1 atom stereocenters. The van der Waals surface area contributed by atoms with Crippen LogP contribution in [0.5, 0.6) is 0 Å². The number of esters is 1. The second-order valence-corrected chi connectivity index (χ2v) is 8.67. The van der Waals surface area contributed by atoms with E-state index in [9.17, 15) is 4.79 Å². The van der Waals surface area contributed by atoms with Gasteiger partial charge in [0.2, 0.25) is 0 Å². The molecule has 3 nitrogen and oxygen atoms in total. The number of carbonyl (C=O) groups excluding carboxylic acids is 1. The highest BCUT2D eigenvalue weighted by atomic mass is 35.5. The van der Waals surface area contributed by atoms with Crippen molar-refractivity contribution in [3.8, 4) is 0 Å². The van der Waals surface area contributed by atoms with Gasteiger partial charge >= 0.3 is 5.97 Å². The van der Waals surface area contributed by atoms with Gasteiger partial charge in [0.25, 0.3) is 0 Å². The van der Waals surface area contributed by atoms with Crippen molar-refractivity contribution >= 4 is 40.2 Å². The van der Waals surface area contributed by atoms with Gasteiger partial charge in [-0.25, -0.2) is 4.79 Å². The molecule has 0 aliphatic rings. The van der Waals surface area contributed by atoms with Crippen LogP contribution in [0.25, 0.3) is 10.9 Å². The van der Waals surface area contributed by atoms with Crippen molar-refractivity contribution < 1.29 is 9.53 Å². The summed E-state index contributed by atoms with van der Waals surface area (Å²) >= 11 is 8.02. The molecule has 4 rings (SSSR count). The predicted molar refractivity (Wildman–Crippen MR) is 124 cm³/mol. The Kier molecular flexibility index (Phi) is 5.89. The lowest BCUT2D eigenvalue weighted by molar-refractivity contribution is 0.0600. The van der Waals surface area contributed by atoms with Gasteiger partial charge in [-0.05, 0) is 49.7 Å². The van der Waals surface area contributed by atoms with Crippen molar-refractivity contribution in [3.05, 3.63) is 94.6 Å². The third kappa shape index (κ3) is 3.85. The van der Waals surface area contributed by atoms with Crippen LogP contribution in [-0.4, -0.2) is 17.6 Å². The maximum absolute atomic E-state index is 11.9. The van der Waals surface area contributed by atoms with Gasteiger partial charge in [-0.3, -0.25) is 0 Å². The number of benzene rings is 3. The van der Waals surface area contributed by atoms with Crippen LogP contribution in [0.1, 0.15) is 34.6 Å². The van der Waals surface area contributed by atoms with Crippen LogP contribution in [0.3, 0.4) is 0 Å². The number of nitrogens with zero attached hydrogens (tertiary/aromatic N) is 1. The van der Waals surface area contributed by atoms with E-state index in [1.54, 1.807) is 17.8 Å².